The van der Waals surface area contributed by atoms with Crippen LogP contribution in [-0.4, -0.2) is 52.2 Å². The third-order valence-corrected chi connectivity index (χ3v) is 4.58. The van der Waals surface area contributed by atoms with Crippen LogP contribution in [0.1, 0.15) is 49.9 Å². The number of ether oxygens (including phenoxy) is 1. The summed E-state index contributed by atoms with van der Waals surface area (Å²) < 4.78 is 10.5. The van der Waals surface area contributed by atoms with Gasteiger partial charge in [-0.15, -0.1) is 11.6 Å². The first-order chi connectivity index (χ1) is 12.7. The molecular weight excluding hydrogens is 370 g/mol. The van der Waals surface area contributed by atoms with Gasteiger partial charge >= 0.3 is 6.09 Å². The van der Waals surface area contributed by atoms with Crippen molar-refractivity contribution in [2.45, 2.75) is 50.6 Å². The van der Waals surface area contributed by atoms with Crippen molar-refractivity contribution >= 4 is 29.2 Å². The average molecular weight is 394 g/mol. The third kappa shape index (κ3) is 5.13. The number of alkyl halides is 1. The summed E-state index contributed by atoms with van der Waals surface area (Å²) in [6.45, 7) is 6.43. The second kappa shape index (κ2) is 7.76. The quantitative estimate of drug-likeness (QED) is 0.796. The van der Waals surface area contributed by atoms with Crippen molar-refractivity contribution in [3.63, 3.8) is 0 Å². The van der Waals surface area contributed by atoms with Crippen molar-refractivity contribution in [2.75, 3.05) is 13.1 Å². The average Bonchev–Trinajstić information content (AvgIpc) is 3.23. The maximum Gasteiger partial charge on any atom is 0.410 e. The number of hydrogen-bond acceptors (Lipinski definition) is 5. The molecule has 2 amide bonds. The molecule has 0 saturated carbocycles. The number of hydrogen-bond donors (Lipinski definition) is 1. The van der Waals surface area contributed by atoms with Crippen molar-refractivity contribution in [2.24, 2.45) is 0 Å². The highest BCUT2D eigenvalue weighted by Crippen LogP contribution is 2.23. The first-order valence-electron chi connectivity index (χ1n) is 8.99. The molecule has 1 aromatic heterocycles. The normalized spacial score (nSPS) is 22.5. The van der Waals surface area contributed by atoms with Crippen molar-refractivity contribution in [1.82, 2.24) is 15.4 Å². The number of rotatable bonds is 3. The number of carbonyl (C=O) groups is 2. The Morgan fingerprint density at radius 3 is 2.85 bits per heavy atom. The summed E-state index contributed by atoms with van der Waals surface area (Å²) >= 11 is 6.01. The van der Waals surface area contributed by atoms with E-state index in [1.54, 1.807) is 11.0 Å². The van der Waals surface area contributed by atoms with Gasteiger partial charge in [0.05, 0.1) is 5.38 Å². The highest BCUT2D eigenvalue weighted by molar-refractivity contribution is 6.22. The number of nitrogens with one attached hydrogen (secondary N) is 1. The zero-order chi connectivity index (χ0) is 19.6. The number of nitrogens with zero attached hydrogens (tertiary/aromatic N) is 2. The lowest BCUT2D eigenvalue weighted by Crippen LogP contribution is -2.40. The van der Waals surface area contributed by atoms with Crippen LogP contribution in [0, 0.1) is 0 Å². The van der Waals surface area contributed by atoms with Crippen LogP contribution in [0.2, 0.25) is 0 Å². The largest absolute Gasteiger partial charge is 0.444 e. The number of halogens is 1. The van der Waals surface area contributed by atoms with Crippen LogP contribution < -0.4 is 5.32 Å². The minimum absolute atomic E-state index is 0.0151. The predicted octanol–water partition coefficient (Wildman–Crippen LogP) is 3.36. The van der Waals surface area contributed by atoms with E-state index in [0.29, 0.717) is 31.6 Å². The van der Waals surface area contributed by atoms with Gasteiger partial charge in [-0.2, -0.15) is 0 Å². The van der Waals surface area contributed by atoms with Crippen molar-refractivity contribution in [1.29, 1.82) is 0 Å². The predicted molar refractivity (Wildman–Crippen MR) is 102 cm³/mol. The summed E-state index contributed by atoms with van der Waals surface area (Å²) in [6, 6.07) is 1.46. The van der Waals surface area contributed by atoms with E-state index < -0.39 is 5.60 Å². The number of likely N-dealkylation sites (tertiary alicyclic amines) is 1. The van der Waals surface area contributed by atoms with Gasteiger partial charge in [0.15, 0.2) is 0 Å². The van der Waals surface area contributed by atoms with Gasteiger partial charge in [0.1, 0.15) is 11.3 Å². The van der Waals surface area contributed by atoms with Gasteiger partial charge < -0.3 is 19.5 Å². The molecule has 0 bridgehead atoms. The van der Waals surface area contributed by atoms with E-state index in [9.17, 15) is 9.59 Å². The molecule has 1 fully saturated rings. The van der Waals surface area contributed by atoms with E-state index in [4.69, 9.17) is 20.9 Å². The van der Waals surface area contributed by atoms with Gasteiger partial charge in [0, 0.05) is 25.2 Å². The van der Waals surface area contributed by atoms with E-state index in [1.165, 1.54) is 0 Å². The fraction of sp³-hybridized carbons (Fsp3) is 0.526. The van der Waals surface area contributed by atoms with Crippen molar-refractivity contribution < 1.29 is 18.8 Å². The molecular formula is C19H24ClN3O4. The molecule has 1 aromatic rings. The van der Waals surface area contributed by atoms with E-state index in [1.807, 2.05) is 39.0 Å². The van der Waals surface area contributed by atoms with E-state index in [2.05, 4.69) is 10.5 Å². The fourth-order valence-corrected chi connectivity index (χ4v) is 3.09. The highest BCUT2D eigenvalue weighted by atomic mass is 35.5. The molecule has 7 nitrogen and oxygen atoms in total. The second-order valence-corrected chi connectivity index (χ2v) is 8.29. The molecule has 2 atom stereocenters. The number of aromatic nitrogens is 1. The Morgan fingerprint density at radius 1 is 1.41 bits per heavy atom. The molecule has 2 heterocycles. The summed E-state index contributed by atoms with van der Waals surface area (Å²) in [7, 11) is 0. The molecule has 27 heavy (non-hydrogen) atoms. The molecule has 146 valence electrons. The van der Waals surface area contributed by atoms with Crippen LogP contribution in [0.3, 0.4) is 0 Å². The summed E-state index contributed by atoms with van der Waals surface area (Å²) in [5, 5.41) is 6.83. The molecule has 0 radical (unpaired) electrons. The molecule has 0 spiro atoms. The molecule has 1 aliphatic carbocycles. The van der Waals surface area contributed by atoms with E-state index in [-0.39, 0.29) is 29.2 Å². The minimum atomic E-state index is -0.541. The summed E-state index contributed by atoms with van der Waals surface area (Å²) in [5.41, 5.74) is 0.939. The Hall–Kier alpha value is -2.28. The Bertz CT molecular complexity index is 778. The number of allylic oxidation sites excluding steroid dienone is 4. The zero-order valence-electron chi connectivity index (χ0n) is 15.7. The molecule has 2 aliphatic rings. The van der Waals surface area contributed by atoms with Crippen LogP contribution in [0.4, 0.5) is 4.79 Å². The lowest BCUT2D eigenvalue weighted by atomic mass is 10.0. The SMILES string of the molecule is CC(C)(C)OC(=O)N1CCC(NC(=O)c2cc(C3=CCC(Cl)C=C3)no2)C1. The minimum Gasteiger partial charge on any atom is -0.444 e. The Morgan fingerprint density at radius 2 is 2.19 bits per heavy atom. The van der Waals surface area contributed by atoms with Gasteiger partial charge in [0.25, 0.3) is 5.91 Å². The zero-order valence-corrected chi connectivity index (χ0v) is 16.5. The van der Waals surface area contributed by atoms with Crippen LogP contribution in [-0.2, 0) is 4.74 Å². The Balaban J connectivity index is 1.54. The Labute approximate surface area is 163 Å². The molecule has 2 unspecified atom stereocenters. The lowest BCUT2D eigenvalue weighted by Gasteiger charge is -2.24. The first kappa shape index (κ1) is 19.5. The molecule has 1 saturated heterocycles. The van der Waals surface area contributed by atoms with Gasteiger partial charge in [-0.05, 0) is 39.2 Å². The first-order valence-corrected chi connectivity index (χ1v) is 9.43. The maximum absolute atomic E-state index is 12.4. The van der Waals surface area contributed by atoms with Crippen LogP contribution in [0.15, 0.2) is 28.8 Å². The fourth-order valence-electron chi connectivity index (χ4n) is 2.93. The maximum atomic E-state index is 12.4. The van der Waals surface area contributed by atoms with Crippen LogP contribution >= 0.6 is 11.6 Å². The van der Waals surface area contributed by atoms with Gasteiger partial charge in [-0.1, -0.05) is 23.4 Å². The summed E-state index contributed by atoms with van der Waals surface area (Å²) in [4.78, 5) is 26.1. The van der Waals surface area contributed by atoms with Gasteiger partial charge in [-0.25, -0.2) is 4.79 Å². The monoisotopic (exact) mass is 393 g/mol. The molecule has 3 rings (SSSR count). The van der Waals surface area contributed by atoms with Crippen LogP contribution in [0.5, 0.6) is 0 Å². The standard InChI is InChI=1S/C19H24ClN3O4/c1-19(2,3)26-18(25)23-9-8-14(11-23)21-17(24)16-10-15(22-27-16)12-4-6-13(20)7-5-12/h4-6,10,13-14H,7-9,11H2,1-3H3,(H,21,24). The third-order valence-electron chi connectivity index (χ3n) is 4.25. The number of carbonyl (C=O) groups excluding carboxylic acids is 2. The van der Waals surface area contributed by atoms with Crippen LogP contribution in [0.25, 0.3) is 5.57 Å². The van der Waals surface area contributed by atoms with E-state index >= 15 is 0 Å². The smallest absolute Gasteiger partial charge is 0.410 e. The topological polar surface area (TPSA) is 84.7 Å². The molecule has 0 aromatic carbocycles. The molecule has 1 N–H and O–H groups in total. The van der Waals surface area contributed by atoms with Gasteiger partial charge in [0.2, 0.25) is 5.76 Å². The highest BCUT2D eigenvalue weighted by Gasteiger charge is 2.31. The molecule has 8 heteroatoms. The second-order valence-electron chi connectivity index (χ2n) is 7.73. The number of amides is 2. The van der Waals surface area contributed by atoms with Gasteiger partial charge in [-0.3, -0.25) is 4.79 Å². The van der Waals surface area contributed by atoms with E-state index in [0.717, 1.165) is 5.57 Å². The Kier molecular flexibility index (Phi) is 5.60. The van der Waals surface area contributed by atoms with Crippen molar-refractivity contribution in [3.05, 3.63) is 35.7 Å². The van der Waals surface area contributed by atoms with Crippen molar-refractivity contribution in [3.8, 4) is 0 Å². The molecule has 1 aliphatic heterocycles. The summed E-state index contributed by atoms with van der Waals surface area (Å²) in [5.74, 6) is -0.205. The lowest BCUT2D eigenvalue weighted by molar-refractivity contribution is 0.0290. The summed E-state index contributed by atoms with van der Waals surface area (Å²) in [6.07, 6.45) is 6.73.